The van der Waals surface area contributed by atoms with Crippen molar-refractivity contribution in [2.24, 2.45) is 0 Å². The third kappa shape index (κ3) is 3.04. The first-order valence-corrected chi connectivity index (χ1v) is 7.10. The summed E-state index contributed by atoms with van der Waals surface area (Å²) in [5.74, 6) is 0.948. The SMILES string of the molecule is CC(C)N(Cc1cccs1)c1ncncc1Br. The minimum Gasteiger partial charge on any atom is -0.348 e. The Morgan fingerprint density at radius 2 is 2.29 bits per heavy atom. The first kappa shape index (κ1) is 12.5. The summed E-state index contributed by atoms with van der Waals surface area (Å²) in [7, 11) is 0. The van der Waals surface area contributed by atoms with Crippen LogP contribution in [0.5, 0.6) is 0 Å². The molecule has 2 rings (SSSR count). The minimum absolute atomic E-state index is 0.392. The number of halogens is 1. The van der Waals surface area contributed by atoms with Crippen LogP contribution in [0.2, 0.25) is 0 Å². The van der Waals surface area contributed by atoms with E-state index in [1.807, 2.05) is 0 Å². The summed E-state index contributed by atoms with van der Waals surface area (Å²) in [5, 5.41) is 2.10. The highest BCUT2D eigenvalue weighted by molar-refractivity contribution is 9.10. The molecule has 0 aliphatic heterocycles. The van der Waals surface area contributed by atoms with Crippen LogP contribution in [0.4, 0.5) is 5.82 Å². The van der Waals surface area contributed by atoms with Gasteiger partial charge in [0.25, 0.3) is 0 Å². The summed E-state index contributed by atoms with van der Waals surface area (Å²) >= 11 is 5.27. The Hall–Kier alpha value is -0.940. The summed E-state index contributed by atoms with van der Waals surface area (Å²) in [4.78, 5) is 12.0. The Morgan fingerprint density at radius 1 is 1.47 bits per heavy atom. The van der Waals surface area contributed by atoms with Gasteiger partial charge in [-0.05, 0) is 41.2 Å². The van der Waals surface area contributed by atoms with Crippen molar-refractivity contribution >= 4 is 33.1 Å². The molecule has 3 nitrogen and oxygen atoms in total. The second-order valence-electron chi connectivity index (χ2n) is 4.00. The summed E-state index contributed by atoms with van der Waals surface area (Å²) < 4.78 is 0.935. The van der Waals surface area contributed by atoms with Crippen LogP contribution in [0.3, 0.4) is 0 Å². The molecular formula is C12H14BrN3S. The summed E-state index contributed by atoms with van der Waals surface area (Å²) in [6.07, 6.45) is 3.37. The van der Waals surface area contributed by atoms with Gasteiger partial charge in [0.05, 0.1) is 11.0 Å². The Kier molecular flexibility index (Phi) is 4.12. The highest BCUT2D eigenvalue weighted by Crippen LogP contribution is 2.26. The zero-order valence-electron chi connectivity index (χ0n) is 9.80. The van der Waals surface area contributed by atoms with Crippen molar-refractivity contribution in [1.82, 2.24) is 9.97 Å². The van der Waals surface area contributed by atoms with Gasteiger partial charge >= 0.3 is 0 Å². The molecule has 0 N–H and O–H groups in total. The Labute approximate surface area is 114 Å². The topological polar surface area (TPSA) is 29.0 Å². The van der Waals surface area contributed by atoms with Gasteiger partial charge in [0.15, 0.2) is 0 Å². The average molecular weight is 312 g/mol. The van der Waals surface area contributed by atoms with Gasteiger partial charge in [-0.25, -0.2) is 9.97 Å². The van der Waals surface area contributed by atoms with Gasteiger partial charge in [-0.15, -0.1) is 11.3 Å². The van der Waals surface area contributed by atoms with Gasteiger partial charge in [0.1, 0.15) is 12.1 Å². The molecule has 0 aliphatic rings. The molecule has 5 heteroatoms. The third-order valence-corrected chi connectivity index (χ3v) is 3.87. The molecule has 2 heterocycles. The first-order valence-electron chi connectivity index (χ1n) is 5.43. The standard InChI is InChI=1S/C12H14BrN3S/c1-9(2)16(7-10-4-3-5-17-10)12-11(13)6-14-8-15-12/h3-6,8-9H,7H2,1-2H3. The largest absolute Gasteiger partial charge is 0.348 e. The smallest absolute Gasteiger partial charge is 0.146 e. The van der Waals surface area contributed by atoms with Gasteiger partial charge < -0.3 is 4.90 Å². The molecule has 90 valence electrons. The maximum Gasteiger partial charge on any atom is 0.146 e. The number of thiophene rings is 1. The fraction of sp³-hybridized carbons (Fsp3) is 0.333. The molecular weight excluding hydrogens is 298 g/mol. The van der Waals surface area contributed by atoms with Gasteiger partial charge in [-0.1, -0.05) is 6.07 Å². The molecule has 2 aromatic rings. The molecule has 0 radical (unpaired) electrons. The van der Waals surface area contributed by atoms with Crippen molar-refractivity contribution < 1.29 is 0 Å². The predicted molar refractivity (Wildman–Crippen MR) is 75.4 cm³/mol. The van der Waals surface area contributed by atoms with Crippen molar-refractivity contribution in [3.8, 4) is 0 Å². The highest BCUT2D eigenvalue weighted by Gasteiger charge is 2.15. The Balaban J connectivity index is 2.27. The molecule has 0 aliphatic carbocycles. The minimum atomic E-state index is 0.392. The second-order valence-corrected chi connectivity index (χ2v) is 5.88. The lowest BCUT2D eigenvalue weighted by molar-refractivity contribution is 0.674. The van der Waals surface area contributed by atoms with E-state index < -0.39 is 0 Å². The van der Waals surface area contributed by atoms with Crippen LogP contribution in [-0.4, -0.2) is 16.0 Å². The molecule has 0 atom stereocenters. The zero-order chi connectivity index (χ0) is 12.3. The summed E-state index contributed by atoms with van der Waals surface area (Å²) in [5.41, 5.74) is 0. The lowest BCUT2D eigenvalue weighted by Crippen LogP contribution is -2.30. The molecule has 0 amide bonds. The number of rotatable bonds is 4. The number of anilines is 1. The number of hydrogen-bond acceptors (Lipinski definition) is 4. The van der Waals surface area contributed by atoms with Gasteiger partial charge in [-0.2, -0.15) is 0 Å². The van der Waals surface area contributed by atoms with E-state index in [4.69, 9.17) is 0 Å². The summed E-state index contributed by atoms with van der Waals surface area (Å²) in [6, 6.07) is 4.62. The Morgan fingerprint density at radius 3 is 2.88 bits per heavy atom. The van der Waals surface area contributed by atoms with E-state index in [0.29, 0.717) is 6.04 Å². The number of aromatic nitrogens is 2. The quantitative estimate of drug-likeness (QED) is 0.861. The van der Waals surface area contributed by atoms with E-state index >= 15 is 0 Å². The van der Waals surface area contributed by atoms with E-state index in [9.17, 15) is 0 Å². The van der Waals surface area contributed by atoms with E-state index in [-0.39, 0.29) is 0 Å². The van der Waals surface area contributed by atoms with Crippen LogP contribution >= 0.6 is 27.3 Å². The van der Waals surface area contributed by atoms with Crippen molar-refractivity contribution in [2.75, 3.05) is 4.90 Å². The van der Waals surface area contributed by atoms with Crippen molar-refractivity contribution in [3.05, 3.63) is 39.4 Å². The van der Waals surface area contributed by atoms with Crippen LogP contribution in [0, 0.1) is 0 Å². The van der Waals surface area contributed by atoms with Gasteiger partial charge in [-0.3, -0.25) is 0 Å². The van der Waals surface area contributed by atoms with Crippen LogP contribution in [0.1, 0.15) is 18.7 Å². The molecule has 0 bridgehead atoms. The zero-order valence-corrected chi connectivity index (χ0v) is 12.2. The predicted octanol–water partition coefficient (Wildman–Crippen LogP) is 3.72. The Bertz CT molecular complexity index is 470. The van der Waals surface area contributed by atoms with Crippen LogP contribution < -0.4 is 4.90 Å². The van der Waals surface area contributed by atoms with Gasteiger partial charge in [0.2, 0.25) is 0 Å². The molecule has 0 fully saturated rings. The molecule has 0 saturated carbocycles. The third-order valence-electron chi connectivity index (χ3n) is 2.45. The molecule has 17 heavy (non-hydrogen) atoms. The van der Waals surface area contributed by atoms with E-state index in [1.165, 1.54) is 4.88 Å². The van der Waals surface area contributed by atoms with E-state index in [2.05, 4.69) is 62.2 Å². The van der Waals surface area contributed by atoms with E-state index in [0.717, 1.165) is 16.8 Å². The fourth-order valence-electron chi connectivity index (χ4n) is 1.59. The van der Waals surface area contributed by atoms with Crippen molar-refractivity contribution in [2.45, 2.75) is 26.4 Å². The molecule has 0 aromatic carbocycles. The second kappa shape index (κ2) is 5.60. The normalized spacial score (nSPS) is 10.8. The average Bonchev–Trinajstić information content (AvgIpc) is 2.79. The number of nitrogens with zero attached hydrogens (tertiary/aromatic N) is 3. The molecule has 2 aromatic heterocycles. The lowest BCUT2D eigenvalue weighted by atomic mass is 10.3. The molecule has 0 unspecified atom stereocenters. The monoisotopic (exact) mass is 311 g/mol. The number of hydrogen-bond donors (Lipinski definition) is 0. The van der Waals surface area contributed by atoms with Gasteiger partial charge in [0, 0.05) is 17.1 Å². The maximum absolute atomic E-state index is 4.35. The summed E-state index contributed by atoms with van der Waals surface area (Å²) in [6.45, 7) is 5.22. The van der Waals surface area contributed by atoms with Crippen LogP contribution in [0.25, 0.3) is 0 Å². The van der Waals surface area contributed by atoms with Crippen molar-refractivity contribution in [3.63, 3.8) is 0 Å². The molecule has 0 spiro atoms. The highest BCUT2D eigenvalue weighted by atomic mass is 79.9. The first-order chi connectivity index (χ1) is 8.18. The molecule has 0 saturated heterocycles. The van der Waals surface area contributed by atoms with Crippen LogP contribution in [-0.2, 0) is 6.54 Å². The fourth-order valence-corrected chi connectivity index (χ4v) is 2.74. The maximum atomic E-state index is 4.35. The van der Waals surface area contributed by atoms with Crippen LogP contribution in [0.15, 0.2) is 34.5 Å². The van der Waals surface area contributed by atoms with E-state index in [1.54, 1.807) is 23.9 Å². The lowest BCUT2D eigenvalue weighted by Gasteiger charge is -2.27. The van der Waals surface area contributed by atoms with Crippen molar-refractivity contribution in [1.29, 1.82) is 0 Å².